The second-order valence-electron chi connectivity index (χ2n) is 7.38. The van der Waals surface area contributed by atoms with Crippen LogP contribution in [0.25, 0.3) is 15.7 Å². The molecule has 4 nitrogen and oxygen atoms in total. The van der Waals surface area contributed by atoms with Crippen molar-refractivity contribution in [3.8, 4) is 11.5 Å². The van der Waals surface area contributed by atoms with E-state index < -0.39 is 5.97 Å². The van der Waals surface area contributed by atoms with Gasteiger partial charge in [-0.1, -0.05) is 46.3 Å². The lowest BCUT2D eigenvalue weighted by Crippen LogP contribution is -2.13. The molecule has 3 aromatic carbocycles. The number of carbonyl (C=O) groups is 1. The van der Waals surface area contributed by atoms with Crippen LogP contribution in [-0.2, 0) is 9.53 Å². The predicted molar refractivity (Wildman–Crippen MR) is 137 cm³/mol. The maximum Gasteiger partial charge on any atom is 0.343 e. The van der Waals surface area contributed by atoms with Gasteiger partial charge in [0.1, 0.15) is 18.1 Å². The van der Waals surface area contributed by atoms with Gasteiger partial charge in [0.25, 0.3) is 0 Å². The lowest BCUT2D eigenvalue weighted by molar-refractivity contribution is -0.142. The average Bonchev–Trinajstić information content (AvgIpc) is 3.25. The summed E-state index contributed by atoms with van der Waals surface area (Å²) in [6.45, 7) is 2.22. The monoisotopic (exact) mass is 522 g/mol. The van der Waals surface area contributed by atoms with Gasteiger partial charge in [0.15, 0.2) is 6.61 Å². The number of rotatable bonds is 8. The second kappa shape index (κ2) is 10.7. The molecule has 0 radical (unpaired) electrons. The van der Waals surface area contributed by atoms with Crippen LogP contribution in [0.3, 0.4) is 0 Å². The fourth-order valence-corrected chi connectivity index (χ4v) is 4.78. The van der Waals surface area contributed by atoms with Crippen molar-refractivity contribution in [1.82, 2.24) is 0 Å². The third kappa shape index (κ3) is 5.83. The zero-order valence-electron chi connectivity index (χ0n) is 18.3. The number of halogens is 1. The minimum Gasteiger partial charge on any atom is -0.489 e. The summed E-state index contributed by atoms with van der Waals surface area (Å²) in [4.78, 5) is 12.5. The Hall–Kier alpha value is -3.09. The summed E-state index contributed by atoms with van der Waals surface area (Å²) in [5.74, 6) is 0.950. The van der Waals surface area contributed by atoms with E-state index in [0.717, 1.165) is 26.9 Å². The molecule has 33 heavy (non-hydrogen) atoms. The number of aryl methyl sites for hydroxylation is 1. The summed E-state index contributed by atoms with van der Waals surface area (Å²) in [6.07, 6.45) is 2.12. The summed E-state index contributed by atoms with van der Waals surface area (Å²) < 4.78 is 18.4. The molecular formula is C27H23BrO4S. The Labute approximate surface area is 205 Å². The van der Waals surface area contributed by atoms with Crippen LogP contribution >= 0.6 is 27.3 Å². The molecule has 6 heteroatoms. The molecule has 0 saturated heterocycles. The first-order valence-electron chi connectivity index (χ1n) is 10.4. The minimum atomic E-state index is -0.415. The number of esters is 1. The summed E-state index contributed by atoms with van der Waals surface area (Å²) in [5.41, 5.74) is 3.16. The molecule has 0 fully saturated rings. The first-order chi connectivity index (χ1) is 16.0. The van der Waals surface area contributed by atoms with E-state index in [-0.39, 0.29) is 6.61 Å². The van der Waals surface area contributed by atoms with Crippen molar-refractivity contribution < 1.29 is 19.0 Å². The van der Waals surface area contributed by atoms with Gasteiger partial charge in [0.05, 0.1) is 7.11 Å². The van der Waals surface area contributed by atoms with E-state index in [1.54, 1.807) is 17.4 Å². The lowest BCUT2D eigenvalue weighted by Gasteiger charge is -2.11. The summed E-state index contributed by atoms with van der Waals surface area (Å²) in [7, 11) is 1.34. The number of hydrogen-bond donors (Lipinski definition) is 0. The number of methoxy groups -OCH3 is 1. The van der Waals surface area contributed by atoms with E-state index in [2.05, 4.69) is 69.2 Å². The molecule has 0 aliphatic rings. The Kier molecular flexibility index (Phi) is 7.47. The fourth-order valence-electron chi connectivity index (χ4n) is 3.40. The quantitative estimate of drug-likeness (QED) is 0.233. The number of carbonyl (C=O) groups excluding carboxylic acids is 1. The van der Waals surface area contributed by atoms with Crippen molar-refractivity contribution in [3.05, 3.63) is 99.3 Å². The minimum absolute atomic E-state index is 0.119. The molecule has 4 rings (SSSR count). The van der Waals surface area contributed by atoms with Crippen molar-refractivity contribution in [2.75, 3.05) is 20.3 Å². The van der Waals surface area contributed by atoms with Gasteiger partial charge in [-0.05, 0) is 77.6 Å². The molecule has 1 aromatic heterocycles. The summed E-state index contributed by atoms with van der Waals surface area (Å²) in [5, 5.41) is 1.24. The largest absolute Gasteiger partial charge is 0.489 e. The lowest BCUT2D eigenvalue weighted by atomic mass is 10.0. The van der Waals surface area contributed by atoms with Crippen molar-refractivity contribution in [2.45, 2.75) is 6.92 Å². The predicted octanol–water partition coefficient (Wildman–Crippen LogP) is 7.03. The number of ether oxygens (including phenoxy) is 3. The third-order valence-corrected chi connectivity index (χ3v) is 6.78. The first-order valence-corrected chi connectivity index (χ1v) is 12.0. The van der Waals surface area contributed by atoms with Crippen molar-refractivity contribution in [2.24, 2.45) is 0 Å². The van der Waals surface area contributed by atoms with Crippen LogP contribution in [0.1, 0.15) is 16.0 Å². The zero-order chi connectivity index (χ0) is 23.2. The normalized spacial score (nSPS) is 11.4. The molecule has 0 aliphatic heterocycles. The van der Waals surface area contributed by atoms with Gasteiger partial charge in [-0.25, -0.2) is 4.79 Å². The van der Waals surface area contributed by atoms with E-state index in [1.165, 1.54) is 22.1 Å². The first kappa shape index (κ1) is 23.1. The molecular weight excluding hydrogens is 500 g/mol. The van der Waals surface area contributed by atoms with E-state index in [9.17, 15) is 4.79 Å². The smallest absolute Gasteiger partial charge is 0.343 e. The third-order valence-electron chi connectivity index (χ3n) is 5.10. The van der Waals surface area contributed by atoms with E-state index >= 15 is 0 Å². The maximum atomic E-state index is 11.3. The van der Waals surface area contributed by atoms with Crippen molar-refractivity contribution in [3.63, 3.8) is 0 Å². The highest BCUT2D eigenvalue weighted by Gasteiger charge is 2.10. The van der Waals surface area contributed by atoms with E-state index in [1.807, 2.05) is 31.2 Å². The van der Waals surface area contributed by atoms with Crippen LogP contribution in [0.15, 0.2) is 83.3 Å². The second-order valence-corrected chi connectivity index (χ2v) is 9.38. The van der Waals surface area contributed by atoms with Crippen LogP contribution in [0, 0.1) is 6.92 Å². The molecule has 0 amide bonds. The fraction of sp³-hybridized carbons (Fsp3) is 0.148. The van der Waals surface area contributed by atoms with Gasteiger partial charge >= 0.3 is 5.97 Å². The highest BCUT2D eigenvalue weighted by molar-refractivity contribution is 9.10. The SMILES string of the molecule is COC(=O)COc1ccc(OCC=C(c2ccc(Br)cc2)c2cc3ccccc3s2)cc1C. The Balaban J connectivity index is 1.54. The Bertz CT molecular complexity index is 1260. The highest BCUT2D eigenvalue weighted by atomic mass is 79.9. The standard InChI is InChI=1S/C27H23BrO4S/c1-18-15-22(11-12-24(18)32-17-27(29)30-2)31-14-13-23(19-7-9-21(28)10-8-19)26-16-20-5-3-4-6-25(20)33-26/h3-13,15-16H,14,17H2,1-2H3. The number of thiophene rings is 1. The molecule has 0 N–H and O–H groups in total. The molecule has 0 spiro atoms. The number of fused-ring (bicyclic) bond motifs is 1. The van der Waals surface area contributed by atoms with Gasteiger partial charge in [0, 0.05) is 14.0 Å². The Morgan fingerprint density at radius 2 is 1.79 bits per heavy atom. The van der Waals surface area contributed by atoms with Gasteiger partial charge < -0.3 is 14.2 Å². The van der Waals surface area contributed by atoms with E-state index in [4.69, 9.17) is 9.47 Å². The van der Waals surface area contributed by atoms with Gasteiger partial charge in [-0.3, -0.25) is 0 Å². The molecule has 0 aliphatic carbocycles. The van der Waals surface area contributed by atoms with Crippen LogP contribution in [0.5, 0.6) is 11.5 Å². The summed E-state index contributed by atoms with van der Waals surface area (Å²) in [6, 6.07) is 24.5. The number of benzene rings is 3. The van der Waals surface area contributed by atoms with Gasteiger partial charge in [-0.15, -0.1) is 11.3 Å². The molecule has 1 heterocycles. The van der Waals surface area contributed by atoms with Crippen LogP contribution in [-0.4, -0.2) is 26.3 Å². The molecule has 0 bridgehead atoms. The van der Waals surface area contributed by atoms with Crippen LogP contribution in [0.4, 0.5) is 0 Å². The van der Waals surface area contributed by atoms with Gasteiger partial charge in [0.2, 0.25) is 0 Å². The Morgan fingerprint density at radius 3 is 2.52 bits per heavy atom. The van der Waals surface area contributed by atoms with E-state index in [0.29, 0.717) is 12.4 Å². The summed E-state index contributed by atoms with van der Waals surface area (Å²) >= 11 is 5.30. The zero-order valence-corrected chi connectivity index (χ0v) is 20.7. The van der Waals surface area contributed by atoms with Gasteiger partial charge in [-0.2, -0.15) is 0 Å². The average molecular weight is 523 g/mol. The molecule has 168 valence electrons. The van der Waals surface area contributed by atoms with Crippen molar-refractivity contribution >= 4 is 48.9 Å². The molecule has 0 atom stereocenters. The topological polar surface area (TPSA) is 44.8 Å². The van der Waals surface area contributed by atoms with Crippen LogP contribution in [0.2, 0.25) is 0 Å². The van der Waals surface area contributed by atoms with Crippen LogP contribution < -0.4 is 9.47 Å². The maximum absolute atomic E-state index is 11.3. The molecule has 0 saturated carbocycles. The molecule has 4 aromatic rings. The Morgan fingerprint density at radius 1 is 1.00 bits per heavy atom. The molecule has 0 unspecified atom stereocenters. The van der Waals surface area contributed by atoms with Crippen molar-refractivity contribution in [1.29, 1.82) is 0 Å². The highest BCUT2D eigenvalue weighted by Crippen LogP contribution is 2.34. The number of hydrogen-bond acceptors (Lipinski definition) is 5.